The van der Waals surface area contributed by atoms with Gasteiger partial charge in [0, 0.05) is 0 Å². The lowest BCUT2D eigenvalue weighted by atomic mass is 10.2. The van der Waals surface area contributed by atoms with Crippen molar-refractivity contribution in [2.75, 3.05) is 21.1 Å². The molecule has 1 unspecified atom stereocenters. The van der Waals surface area contributed by atoms with Crippen LogP contribution in [0.3, 0.4) is 0 Å². The van der Waals surface area contributed by atoms with Crippen LogP contribution in [0.25, 0.3) is 0 Å². The predicted molar refractivity (Wildman–Crippen MR) is 59.4 cm³/mol. The molecule has 0 radical (unpaired) electrons. The first kappa shape index (κ1) is 14.5. The number of nitrogens with zero attached hydrogens (tertiary/aromatic N) is 1. The molecule has 0 aromatic rings. The third-order valence-corrected chi connectivity index (χ3v) is 1.46. The Balaban J connectivity index is 0. The number of unbranched alkanes of at least 4 members (excludes halogenated alkanes) is 1. The Bertz CT molecular complexity index is 101. The van der Waals surface area contributed by atoms with E-state index in [1.807, 2.05) is 21.1 Å². The van der Waals surface area contributed by atoms with Gasteiger partial charge in [-0.1, -0.05) is 28.2 Å². The zero-order chi connectivity index (χ0) is 8.91. The quantitative estimate of drug-likeness (QED) is 0.340. The third kappa shape index (κ3) is 9.98. The van der Waals surface area contributed by atoms with Crippen molar-refractivity contribution in [3.8, 4) is 0 Å². The minimum Gasteiger partial charge on any atom is -0.201 e. The minimum absolute atomic E-state index is 0. The molecule has 0 aromatic heterocycles. The van der Waals surface area contributed by atoms with E-state index >= 15 is 0 Å². The Morgan fingerprint density at radius 3 is 2.08 bits per heavy atom. The maximum absolute atomic E-state index is 5.68. The summed E-state index contributed by atoms with van der Waals surface area (Å²) in [5.41, 5.74) is 0. The van der Waals surface area contributed by atoms with Gasteiger partial charge in [-0.3, -0.25) is 0 Å². The van der Waals surface area contributed by atoms with Crippen LogP contribution in [0.1, 0.15) is 33.1 Å². The van der Waals surface area contributed by atoms with Gasteiger partial charge in [0.25, 0.3) is 0 Å². The van der Waals surface area contributed by atoms with Crippen LogP contribution in [-0.4, -0.2) is 40.3 Å². The van der Waals surface area contributed by atoms with E-state index in [4.69, 9.17) is 4.84 Å². The number of quaternary nitrogens is 1. The van der Waals surface area contributed by atoms with Gasteiger partial charge in [0.1, 0.15) is 6.10 Å². The highest BCUT2D eigenvalue weighted by Crippen LogP contribution is 2.07. The largest absolute Gasteiger partial charge is 0.201 e. The molecule has 0 aliphatic carbocycles. The van der Waals surface area contributed by atoms with Crippen LogP contribution in [0.2, 0.25) is 0 Å². The molecule has 1 atom stereocenters. The predicted octanol–water partition coefficient (Wildman–Crippen LogP) is 0.751. The monoisotopic (exact) mass is 175 g/mol. The van der Waals surface area contributed by atoms with Crippen molar-refractivity contribution >= 4 is 8.41 Å². The molecule has 0 rings (SSSR count). The van der Waals surface area contributed by atoms with Crippen molar-refractivity contribution in [2.24, 2.45) is 0 Å². The van der Waals surface area contributed by atoms with E-state index < -0.39 is 0 Å². The van der Waals surface area contributed by atoms with Gasteiger partial charge in [0.15, 0.2) is 0 Å². The van der Waals surface area contributed by atoms with Crippen LogP contribution in [0.5, 0.6) is 0 Å². The average Bonchev–Trinajstić information content (AvgIpc) is 1.79. The molecule has 0 saturated carbocycles. The van der Waals surface area contributed by atoms with Gasteiger partial charge < -0.3 is 0 Å². The number of hydroxylamine groups is 3. The van der Waals surface area contributed by atoms with Gasteiger partial charge in [-0.05, 0) is 13.3 Å². The minimum atomic E-state index is 0. The Morgan fingerprint density at radius 1 is 1.25 bits per heavy atom. The van der Waals surface area contributed by atoms with Crippen molar-refractivity contribution < 1.29 is 9.48 Å². The number of rotatable bonds is 5. The number of hydrogen-bond acceptors (Lipinski definition) is 1. The molecule has 0 aromatic carbocycles. The van der Waals surface area contributed by atoms with E-state index in [9.17, 15) is 0 Å². The SMILES string of the molecule is CCCCC(C)O[N+](C)(C)C.[BH4-]. The smallest absolute Gasteiger partial charge is 0.114 e. The summed E-state index contributed by atoms with van der Waals surface area (Å²) in [5, 5.41) is 0. The van der Waals surface area contributed by atoms with Crippen molar-refractivity contribution in [3.63, 3.8) is 0 Å². The third-order valence-electron chi connectivity index (χ3n) is 1.46. The van der Waals surface area contributed by atoms with E-state index in [-0.39, 0.29) is 8.41 Å². The fraction of sp³-hybridized carbons (Fsp3) is 1.00. The lowest BCUT2D eigenvalue weighted by molar-refractivity contribution is -1.07. The van der Waals surface area contributed by atoms with Crippen molar-refractivity contribution in [3.05, 3.63) is 0 Å². The first-order valence-electron chi connectivity index (χ1n) is 4.45. The molecule has 0 aliphatic heterocycles. The molecule has 2 nitrogen and oxygen atoms in total. The van der Waals surface area contributed by atoms with Crippen LogP contribution < -0.4 is 0 Å². The second-order valence-corrected chi connectivity index (χ2v) is 3.95. The van der Waals surface area contributed by atoms with Crippen molar-refractivity contribution in [2.45, 2.75) is 39.2 Å². The van der Waals surface area contributed by atoms with Crippen LogP contribution >= 0.6 is 0 Å². The maximum Gasteiger partial charge on any atom is 0.114 e. The number of hydrogen-bond donors (Lipinski definition) is 0. The van der Waals surface area contributed by atoms with Gasteiger partial charge in [-0.25, -0.2) is 4.84 Å². The highest BCUT2D eigenvalue weighted by molar-refractivity contribution is 5.75. The summed E-state index contributed by atoms with van der Waals surface area (Å²) < 4.78 is 0.602. The summed E-state index contributed by atoms with van der Waals surface area (Å²) in [6.07, 6.45) is 4.08. The highest BCUT2D eigenvalue weighted by Gasteiger charge is 2.13. The Labute approximate surface area is 79.0 Å². The summed E-state index contributed by atoms with van der Waals surface area (Å²) in [4.78, 5) is 5.68. The fourth-order valence-electron chi connectivity index (χ4n) is 1.08. The molecule has 0 amide bonds. The molecule has 0 saturated heterocycles. The summed E-state index contributed by atoms with van der Waals surface area (Å²) in [5.74, 6) is 0. The molecule has 0 N–H and O–H groups in total. The van der Waals surface area contributed by atoms with Gasteiger partial charge in [-0.2, -0.15) is 4.65 Å². The van der Waals surface area contributed by atoms with Crippen molar-refractivity contribution in [1.29, 1.82) is 0 Å². The summed E-state index contributed by atoms with van der Waals surface area (Å²) in [7, 11) is 6.13. The molecule has 12 heavy (non-hydrogen) atoms. The van der Waals surface area contributed by atoms with E-state index in [1.165, 1.54) is 19.3 Å². The molecule has 0 spiro atoms. The zero-order valence-corrected chi connectivity index (χ0v) is 8.55. The van der Waals surface area contributed by atoms with E-state index in [0.717, 1.165) is 0 Å². The summed E-state index contributed by atoms with van der Waals surface area (Å²) in [6.45, 7) is 4.35. The maximum atomic E-state index is 5.68. The topological polar surface area (TPSA) is 9.23 Å². The van der Waals surface area contributed by atoms with Gasteiger partial charge in [0.2, 0.25) is 0 Å². The van der Waals surface area contributed by atoms with Crippen LogP contribution in [-0.2, 0) is 4.84 Å². The molecule has 0 aliphatic rings. The molecular weight excluding hydrogens is 149 g/mol. The Morgan fingerprint density at radius 2 is 1.75 bits per heavy atom. The second-order valence-electron chi connectivity index (χ2n) is 3.95. The lowest BCUT2D eigenvalue weighted by Gasteiger charge is -2.25. The fourth-order valence-corrected chi connectivity index (χ4v) is 1.08. The molecule has 3 heteroatoms. The molecule has 0 fully saturated rings. The van der Waals surface area contributed by atoms with Gasteiger partial charge in [-0.15, -0.1) is 0 Å². The normalized spacial score (nSPS) is 13.8. The highest BCUT2D eigenvalue weighted by atomic mass is 16.7. The van der Waals surface area contributed by atoms with Crippen LogP contribution in [0, 0.1) is 0 Å². The Kier molecular flexibility index (Phi) is 7.85. The first-order chi connectivity index (χ1) is 4.95. The summed E-state index contributed by atoms with van der Waals surface area (Å²) >= 11 is 0. The van der Waals surface area contributed by atoms with Crippen LogP contribution in [0.15, 0.2) is 0 Å². The van der Waals surface area contributed by atoms with Crippen molar-refractivity contribution in [1.82, 2.24) is 0 Å². The molecule has 76 valence electrons. The second kappa shape index (κ2) is 6.50. The lowest BCUT2D eigenvalue weighted by Crippen LogP contribution is -2.37. The Hall–Kier alpha value is -0.0151. The zero-order valence-electron chi connectivity index (χ0n) is 8.55. The van der Waals surface area contributed by atoms with E-state index in [2.05, 4.69) is 13.8 Å². The summed E-state index contributed by atoms with van der Waals surface area (Å²) in [6, 6.07) is 0. The first-order valence-corrected chi connectivity index (χ1v) is 4.45. The standard InChI is InChI=1S/C9H22NO.BH4/c1-6-7-8-9(2)11-10(3,4)5;/h9H,6-8H2,1-5H3;1H4/q+1;-1. The van der Waals surface area contributed by atoms with Crippen LogP contribution in [0.4, 0.5) is 0 Å². The molecule has 0 bridgehead atoms. The van der Waals surface area contributed by atoms with Gasteiger partial charge in [0.05, 0.1) is 21.1 Å². The molecule has 0 heterocycles. The van der Waals surface area contributed by atoms with E-state index in [1.54, 1.807) is 0 Å². The van der Waals surface area contributed by atoms with E-state index in [0.29, 0.717) is 10.8 Å². The molecular formula is C9H26BNO. The average molecular weight is 175 g/mol. The van der Waals surface area contributed by atoms with Gasteiger partial charge >= 0.3 is 0 Å².